The van der Waals surface area contributed by atoms with Crippen molar-refractivity contribution in [2.75, 3.05) is 18.4 Å². The summed E-state index contributed by atoms with van der Waals surface area (Å²) in [5, 5.41) is 22.8. The molecule has 0 aromatic carbocycles. The van der Waals surface area contributed by atoms with Gasteiger partial charge < -0.3 is 10.4 Å². The Bertz CT molecular complexity index is 558. The number of aliphatic carboxylic acids is 1. The molecule has 2 rings (SSSR count). The van der Waals surface area contributed by atoms with E-state index < -0.39 is 5.97 Å². The van der Waals surface area contributed by atoms with E-state index in [2.05, 4.69) is 5.32 Å². The Kier molecular flexibility index (Phi) is 5.31. The summed E-state index contributed by atoms with van der Waals surface area (Å²) < 4.78 is 0. The summed E-state index contributed by atoms with van der Waals surface area (Å²) in [4.78, 5) is 24.7. The molecular weight excluding hydrogens is 290 g/mol. The fourth-order valence-corrected chi connectivity index (χ4v) is 3.36. The Morgan fingerprint density at radius 1 is 1.43 bits per heavy atom. The van der Waals surface area contributed by atoms with Crippen molar-refractivity contribution in [3.63, 3.8) is 0 Å². The third kappa shape index (κ3) is 4.28. The smallest absolute Gasteiger partial charge is 0.317 e. The molecule has 1 amide bonds. The van der Waals surface area contributed by atoms with Crippen LogP contribution in [0.3, 0.4) is 0 Å². The van der Waals surface area contributed by atoms with Crippen molar-refractivity contribution < 1.29 is 14.7 Å². The molecule has 21 heavy (non-hydrogen) atoms. The van der Waals surface area contributed by atoms with Crippen LogP contribution >= 0.6 is 11.3 Å². The Labute approximate surface area is 127 Å². The zero-order valence-corrected chi connectivity index (χ0v) is 12.4. The summed E-state index contributed by atoms with van der Waals surface area (Å²) in [5.74, 6) is -1.20. The number of carboxylic acids is 1. The maximum atomic E-state index is 12.1. The zero-order chi connectivity index (χ0) is 15.2. The Morgan fingerprint density at radius 2 is 2.14 bits per heavy atom. The van der Waals surface area contributed by atoms with E-state index in [0.717, 1.165) is 25.7 Å². The van der Waals surface area contributed by atoms with E-state index in [0.29, 0.717) is 10.6 Å². The van der Waals surface area contributed by atoms with Gasteiger partial charge in [-0.3, -0.25) is 14.5 Å². The minimum absolute atomic E-state index is 0.0414. The van der Waals surface area contributed by atoms with Crippen molar-refractivity contribution in [1.82, 2.24) is 4.90 Å². The minimum Gasteiger partial charge on any atom is -0.480 e. The molecule has 1 aromatic heterocycles. The van der Waals surface area contributed by atoms with Gasteiger partial charge in [0.1, 0.15) is 11.1 Å². The molecule has 1 aromatic rings. The number of hydrogen-bond donors (Lipinski definition) is 2. The largest absolute Gasteiger partial charge is 0.480 e. The van der Waals surface area contributed by atoms with Crippen LogP contribution in [0.1, 0.15) is 31.2 Å². The second-order valence-electron chi connectivity index (χ2n) is 5.06. The number of thiophene rings is 1. The number of nitrogens with one attached hydrogen (secondary N) is 1. The SMILES string of the molecule is N#Cc1ccsc1NC(=O)CN(CC(=O)O)C1CCCC1. The van der Waals surface area contributed by atoms with Gasteiger partial charge in [-0.1, -0.05) is 12.8 Å². The molecule has 0 spiro atoms. The zero-order valence-electron chi connectivity index (χ0n) is 11.5. The number of nitrogens with zero attached hydrogens (tertiary/aromatic N) is 2. The van der Waals surface area contributed by atoms with E-state index in [1.807, 2.05) is 6.07 Å². The highest BCUT2D eigenvalue weighted by atomic mass is 32.1. The molecule has 6 nitrogen and oxygen atoms in total. The van der Waals surface area contributed by atoms with Gasteiger partial charge in [-0.05, 0) is 24.3 Å². The molecule has 1 aliphatic carbocycles. The second kappa shape index (κ2) is 7.20. The van der Waals surface area contributed by atoms with Crippen molar-refractivity contribution in [3.05, 3.63) is 17.0 Å². The molecule has 112 valence electrons. The molecule has 1 fully saturated rings. The molecule has 0 radical (unpaired) electrons. The van der Waals surface area contributed by atoms with Crippen molar-refractivity contribution >= 4 is 28.2 Å². The number of rotatable bonds is 6. The number of nitriles is 1. The van der Waals surface area contributed by atoms with Gasteiger partial charge in [-0.25, -0.2) is 0 Å². The lowest BCUT2D eigenvalue weighted by atomic mass is 10.2. The molecule has 2 N–H and O–H groups in total. The van der Waals surface area contributed by atoms with Crippen LogP contribution in [0, 0.1) is 11.3 Å². The van der Waals surface area contributed by atoms with Crippen molar-refractivity contribution in [1.29, 1.82) is 5.26 Å². The first kappa shape index (κ1) is 15.5. The first-order valence-electron chi connectivity index (χ1n) is 6.83. The quantitative estimate of drug-likeness (QED) is 0.837. The lowest BCUT2D eigenvalue weighted by Crippen LogP contribution is -2.42. The van der Waals surface area contributed by atoms with E-state index in [4.69, 9.17) is 10.4 Å². The van der Waals surface area contributed by atoms with Gasteiger partial charge in [0.15, 0.2) is 0 Å². The van der Waals surface area contributed by atoms with Gasteiger partial charge in [0, 0.05) is 6.04 Å². The fraction of sp³-hybridized carbons (Fsp3) is 0.500. The average molecular weight is 307 g/mol. The van der Waals surface area contributed by atoms with Crippen LogP contribution in [-0.4, -0.2) is 41.0 Å². The standard InChI is InChI=1S/C14H17N3O3S/c15-7-10-5-6-21-14(10)16-12(18)8-17(9-13(19)20)11-3-1-2-4-11/h5-6,11H,1-4,8-9H2,(H,16,18)(H,19,20). The van der Waals surface area contributed by atoms with Crippen molar-refractivity contribution in [2.24, 2.45) is 0 Å². The van der Waals surface area contributed by atoms with E-state index in [1.54, 1.807) is 16.3 Å². The number of amides is 1. The lowest BCUT2D eigenvalue weighted by molar-refractivity contribution is -0.139. The van der Waals surface area contributed by atoms with Gasteiger partial charge in [0.25, 0.3) is 0 Å². The summed E-state index contributed by atoms with van der Waals surface area (Å²) in [6, 6.07) is 3.81. The van der Waals surface area contributed by atoms with Crippen LogP contribution in [0.15, 0.2) is 11.4 Å². The van der Waals surface area contributed by atoms with Gasteiger partial charge in [0.2, 0.25) is 5.91 Å². The Hall–Kier alpha value is -1.91. The first-order chi connectivity index (χ1) is 10.1. The average Bonchev–Trinajstić information content (AvgIpc) is 3.08. The number of carboxylic acid groups (broad SMARTS) is 1. The summed E-state index contributed by atoms with van der Waals surface area (Å²) in [5.41, 5.74) is 0.430. The third-order valence-electron chi connectivity index (χ3n) is 3.56. The van der Waals surface area contributed by atoms with Crippen molar-refractivity contribution in [2.45, 2.75) is 31.7 Å². The van der Waals surface area contributed by atoms with Gasteiger partial charge >= 0.3 is 5.97 Å². The van der Waals surface area contributed by atoms with Crippen LogP contribution in [-0.2, 0) is 9.59 Å². The molecule has 7 heteroatoms. The maximum absolute atomic E-state index is 12.1. The van der Waals surface area contributed by atoms with Crippen LogP contribution in [0.4, 0.5) is 5.00 Å². The highest BCUT2D eigenvalue weighted by Crippen LogP contribution is 2.24. The van der Waals surface area contributed by atoms with E-state index >= 15 is 0 Å². The van der Waals surface area contributed by atoms with Crippen molar-refractivity contribution in [3.8, 4) is 6.07 Å². The van der Waals surface area contributed by atoms with Gasteiger partial charge in [-0.15, -0.1) is 11.3 Å². The lowest BCUT2D eigenvalue weighted by Gasteiger charge is -2.26. The number of carbonyl (C=O) groups excluding carboxylic acids is 1. The molecule has 1 aliphatic rings. The number of carbonyl (C=O) groups is 2. The molecule has 1 heterocycles. The van der Waals surface area contributed by atoms with E-state index in [-0.39, 0.29) is 25.0 Å². The predicted octanol–water partition coefficient (Wildman–Crippen LogP) is 1.89. The topological polar surface area (TPSA) is 93.4 Å². The van der Waals surface area contributed by atoms with Crippen LogP contribution < -0.4 is 5.32 Å². The second-order valence-corrected chi connectivity index (χ2v) is 5.98. The molecule has 0 saturated heterocycles. The monoisotopic (exact) mass is 307 g/mol. The predicted molar refractivity (Wildman–Crippen MR) is 79.1 cm³/mol. The molecule has 0 bridgehead atoms. The summed E-state index contributed by atoms with van der Waals surface area (Å²) in [7, 11) is 0. The first-order valence-corrected chi connectivity index (χ1v) is 7.71. The maximum Gasteiger partial charge on any atom is 0.317 e. The fourth-order valence-electron chi connectivity index (χ4n) is 2.60. The van der Waals surface area contributed by atoms with Crippen LogP contribution in [0.25, 0.3) is 0 Å². The highest BCUT2D eigenvalue weighted by molar-refractivity contribution is 7.14. The van der Waals surface area contributed by atoms with Gasteiger partial charge in [-0.2, -0.15) is 5.26 Å². The number of hydrogen-bond acceptors (Lipinski definition) is 5. The Balaban J connectivity index is 1.97. The van der Waals surface area contributed by atoms with Crippen LogP contribution in [0.5, 0.6) is 0 Å². The molecule has 1 saturated carbocycles. The third-order valence-corrected chi connectivity index (χ3v) is 4.39. The summed E-state index contributed by atoms with van der Waals surface area (Å²) >= 11 is 1.29. The molecule has 0 aliphatic heterocycles. The van der Waals surface area contributed by atoms with E-state index in [9.17, 15) is 9.59 Å². The highest BCUT2D eigenvalue weighted by Gasteiger charge is 2.26. The van der Waals surface area contributed by atoms with Gasteiger partial charge in [0.05, 0.1) is 18.7 Å². The molecule has 0 unspecified atom stereocenters. The van der Waals surface area contributed by atoms with Crippen LogP contribution in [0.2, 0.25) is 0 Å². The summed E-state index contributed by atoms with van der Waals surface area (Å²) in [6.45, 7) is -0.0899. The Morgan fingerprint density at radius 3 is 2.76 bits per heavy atom. The minimum atomic E-state index is -0.927. The number of anilines is 1. The van der Waals surface area contributed by atoms with E-state index in [1.165, 1.54) is 11.3 Å². The molecular formula is C14H17N3O3S. The normalized spacial score (nSPS) is 15.0. The molecule has 0 atom stereocenters. The summed E-state index contributed by atoms with van der Waals surface area (Å²) in [6.07, 6.45) is 4.02.